The molecule has 0 amide bonds. The van der Waals surface area contributed by atoms with Gasteiger partial charge in [-0.15, -0.1) is 47.1 Å². The monoisotopic (exact) mass is 597 g/mol. The van der Waals surface area contributed by atoms with E-state index in [2.05, 4.69) is 112 Å². The van der Waals surface area contributed by atoms with Crippen LogP contribution >= 0.6 is 11.3 Å². The molecule has 3 aliphatic rings. The maximum Gasteiger partial charge on any atom is 0.324 e. The zero-order valence-corrected chi connectivity index (χ0v) is 22.8. The minimum atomic E-state index is 0. The molecular formula is C31H20BN4PdS-3. The van der Waals surface area contributed by atoms with Gasteiger partial charge in [0.05, 0.1) is 0 Å². The van der Waals surface area contributed by atoms with Gasteiger partial charge in [-0.25, -0.2) is 0 Å². The van der Waals surface area contributed by atoms with E-state index < -0.39 is 0 Å². The number of anilines is 3. The van der Waals surface area contributed by atoms with Crippen LogP contribution in [0.5, 0.6) is 0 Å². The third kappa shape index (κ3) is 3.43. The molecule has 7 heteroatoms. The SMILES string of the molecule is CN1C=CN(c2[c-]c3c(cc2)-c2ccccc2B2c4ccccc4-c4ccc(-c5nccs5)[c-]c4N23)[CH-]1.[Pd]. The smallest absolute Gasteiger partial charge is 0.324 e. The van der Waals surface area contributed by atoms with Crippen molar-refractivity contribution in [2.45, 2.75) is 0 Å². The Balaban J connectivity index is 0.00000242. The van der Waals surface area contributed by atoms with Crippen LogP contribution in [-0.4, -0.2) is 23.8 Å². The molecule has 5 aromatic rings. The summed E-state index contributed by atoms with van der Waals surface area (Å²) in [6.45, 7) is 2.10. The summed E-state index contributed by atoms with van der Waals surface area (Å²) in [5.41, 5.74) is 11.6. The van der Waals surface area contributed by atoms with Crippen LogP contribution in [-0.2, 0) is 20.4 Å². The molecule has 4 heterocycles. The predicted octanol–water partition coefficient (Wildman–Crippen LogP) is 5.66. The zero-order chi connectivity index (χ0) is 24.5. The minimum Gasteiger partial charge on any atom is -0.510 e. The molecule has 0 fully saturated rings. The number of benzene rings is 4. The van der Waals surface area contributed by atoms with Crippen molar-refractivity contribution in [1.29, 1.82) is 0 Å². The zero-order valence-electron chi connectivity index (χ0n) is 20.4. The van der Waals surface area contributed by atoms with Gasteiger partial charge in [-0.05, 0) is 19.4 Å². The molecule has 0 N–H and O–H groups in total. The van der Waals surface area contributed by atoms with Crippen molar-refractivity contribution in [1.82, 2.24) is 9.88 Å². The second-order valence-electron chi connectivity index (χ2n) is 9.51. The molecule has 0 radical (unpaired) electrons. The Bertz CT molecular complexity index is 1720. The van der Waals surface area contributed by atoms with Crippen molar-refractivity contribution < 1.29 is 20.4 Å². The minimum absolute atomic E-state index is 0. The number of fused-ring (bicyclic) bond motifs is 11. The summed E-state index contributed by atoms with van der Waals surface area (Å²) in [6, 6.07) is 33.9. The van der Waals surface area contributed by atoms with Gasteiger partial charge in [0.1, 0.15) is 0 Å². The maximum absolute atomic E-state index is 4.58. The molecule has 0 saturated heterocycles. The van der Waals surface area contributed by atoms with E-state index in [1.165, 1.54) is 33.2 Å². The molecule has 186 valence electrons. The van der Waals surface area contributed by atoms with Crippen LogP contribution in [0, 0.1) is 18.8 Å². The first kappa shape index (κ1) is 23.5. The maximum atomic E-state index is 4.58. The molecule has 1 aromatic heterocycles. The Kier molecular flexibility index (Phi) is 5.56. The van der Waals surface area contributed by atoms with Crippen LogP contribution in [0.4, 0.5) is 17.1 Å². The van der Waals surface area contributed by atoms with Crippen molar-refractivity contribution >= 4 is 46.2 Å². The summed E-state index contributed by atoms with van der Waals surface area (Å²) in [5.74, 6) is 0. The fourth-order valence-electron chi connectivity index (χ4n) is 5.77. The third-order valence-electron chi connectivity index (χ3n) is 7.38. The van der Waals surface area contributed by atoms with E-state index in [0.717, 1.165) is 27.6 Å². The molecule has 0 unspecified atom stereocenters. The van der Waals surface area contributed by atoms with E-state index in [9.17, 15) is 0 Å². The average Bonchev–Trinajstić information content (AvgIpc) is 3.65. The van der Waals surface area contributed by atoms with Crippen LogP contribution in [0.2, 0.25) is 0 Å². The summed E-state index contributed by atoms with van der Waals surface area (Å²) >= 11 is 1.64. The molecule has 8 rings (SSSR count). The molecular weight excluding hydrogens is 578 g/mol. The van der Waals surface area contributed by atoms with Crippen molar-refractivity contribution in [3.05, 3.63) is 116 Å². The van der Waals surface area contributed by atoms with E-state index in [-0.39, 0.29) is 27.3 Å². The van der Waals surface area contributed by atoms with E-state index in [0.29, 0.717) is 0 Å². The van der Waals surface area contributed by atoms with Crippen molar-refractivity contribution in [2.24, 2.45) is 0 Å². The number of hydrogen-bond donors (Lipinski definition) is 0. The van der Waals surface area contributed by atoms with Crippen LogP contribution in [0.25, 0.3) is 32.8 Å². The summed E-state index contributed by atoms with van der Waals surface area (Å²) < 4.78 is 0. The van der Waals surface area contributed by atoms with Gasteiger partial charge in [-0.3, -0.25) is 4.98 Å². The fourth-order valence-corrected chi connectivity index (χ4v) is 6.39. The number of nitrogens with zero attached hydrogens (tertiary/aromatic N) is 4. The third-order valence-corrected chi connectivity index (χ3v) is 8.18. The summed E-state index contributed by atoms with van der Waals surface area (Å²) in [6.07, 6.45) is 5.97. The van der Waals surface area contributed by atoms with Gasteiger partial charge in [0.15, 0.2) is 0 Å². The second kappa shape index (κ2) is 8.99. The van der Waals surface area contributed by atoms with Gasteiger partial charge in [0.2, 0.25) is 0 Å². The Morgan fingerprint density at radius 3 is 2.13 bits per heavy atom. The number of hydrogen-bond acceptors (Lipinski definition) is 5. The number of thiazole rings is 1. The van der Waals surface area contributed by atoms with Crippen LogP contribution in [0.3, 0.4) is 0 Å². The first-order valence-electron chi connectivity index (χ1n) is 12.3. The molecule has 0 aliphatic carbocycles. The van der Waals surface area contributed by atoms with Crippen LogP contribution < -0.4 is 20.6 Å². The first-order chi connectivity index (χ1) is 18.3. The molecule has 0 bridgehead atoms. The van der Waals surface area contributed by atoms with E-state index in [1.54, 1.807) is 11.3 Å². The van der Waals surface area contributed by atoms with Crippen LogP contribution in [0.15, 0.2) is 96.8 Å². The van der Waals surface area contributed by atoms with Crippen molar-refractivity contribution in [3.63, 3.8) is 0 Å². The Hall–Kier alpha value is -3.62. The van der Waals surface area contributed by atoms with Gasteiger partial charge in [0.25, 0.3) is 0 Å². The second-order valence-corrected chi connectivity index (χ2v) is 10.4. The van der Waals surface area contributed by atoms with E-state index in [1.807, 2.05) is 29.7 Å². The van der Waals surface area contributed by atoms with E-state index in [4.69, 9.17) is 0 Å². The quantitative estimate of drug-likeness (QED) is 0.194. The molecule has 4 aromatic carbocycles. The standard InChI is InChI=1S/C31H20BN4S.Pd/c1-34-15-16-35(20-34)22-11-13-26-24-7-3-5-9-28(24)32-27-8-4-2-6-23(27)25-12-10-21(31-33-14-17-37-31)18-29(25)36(32)30(26)19-22;/h2-17,20H,1H3;/q-3;. The Morgan fingerprint density at radius 1 is 0.789 bits per heavy atom. The normalized spacial score (nSPS) is 14.3. The first-order valence-corrected chi connectivity index (χ1v) is 13.2. The predicted molar refractivity (Wildman–Crippen MR) is 153 cm³/mol. The molecule has 3 aliphatic heterocycles. The fraction of sp³-hybridized carbons (Fsp3) is 0.0323. The summed E-state index contributed by atoms with van der Waals surface area (Å²) in [7, 11) is 2.04. The molecule has 38 heavy (non-hydrogen) atoms. The van der Waals surface area contributed by atoms with Gasteiger partial charge < -0.3 is 14.6 Å². The van der Waals surface area contributed by atoms with Gasteiger partial charge >= 0.3 is 6.85 Å². The topological polar surface area (TPSA) is 22.6 Å². The van der Waals surface area contributed by atoms with Gasteiger partial charge in [-0.1, -0.05) is 87.5 Å². The Morgan fingerprint density at radius 2 is 1.47 bits per heavy atom. The number of aromatic nitrogens is 1. The summed E-state index contributed by atoms with van der Waals surface area (Å²) in [4.78, 5) is 11.2. The molecule has 0 spiro atoms. The average molecular weight is 598 g/mol. The van der Waals surface area contributed by atoms with E-state index >= 15 is 0 Å². The largest absolute Gasteiger partial charge is 0.510 e. The molecule has 0 atom stereocenters. The Labute approximate surface area is 240 Å². The van der Waals surface area contributed by atoms with Crippen LogP contribution in [0.1, 0.15) is 0 Å². The summed E-state index contributed by atoms with van der Waals surface area (Å²) in [5, 5.41) is 3.00. The molecule has 0 saturated carbocycles. The van der Waals surface area contributed by atoms with Gasteiger partial charge in [0, 0.05) is 37.0 Å². The van der Waals surface area contributed by atoms with Gasteiger partial charge in [-0.2, -0.15) is 24.1 Å². The number of rotatable bonds is 2. The van der Waals surface area contributed by atoms with Crippen molar-refractivity contribution in [2.75, 3.05) is 16.8 Å². The van der Waals surface area contributed by atoms with Crippen molar-refractivity contribution in [3.8, 4) is 32.8 Å². The molecule has 4 nitrogen and oxygen atoms in total.